The second-order valence-corrected chi connectivity index (χ2v) is 9.06. The summed E-state index contributed by atoms with van der Waals surface area (Å²) in [6, 6.07) is 0. The topological polar surface area (TPSA) is 40.5 Å². The number of allylic oxidation sites excluding steroid dienone is 3. The minimum atomic E-state index is -0.591. The number of rotatable bonds is 3. The molecule has 0 heterocycles. The van der Waals surface area contributed by atoms with Gasteiger partial charge in [0, 0.05) is 0 Å². The average molecular weight is 405 g/mol. The minimum Gasteiger partial charge on any atom is -0.388 e. The van der Waals surface area contributed by atoms with Crippen molar-refractivity contribution in [3.05, 3.63) is 35.5 Å². The maximum absolute atomic E-state index is 10.0. The Balaban J connectivity index is 0.000000989. The predicted octanol–water partition coefficient (Wildman–Crippen LogP) is 7.23. The SMILES string of the molecule is C=C1C(O)CC(=C/C=C2\CCCC3(C)C(C(C)CC)CC[C@@H]23)C[C@H]1O.CC.CC. The molecular weight excluding hydrogens is 356 g/mol. The van der Waals surface area contributed by atoms with Crippen molar-refractivity contribution in [1.29, 1.82) is 0 Å². The Kier molecular flexibility index (Phi) is 10.9. The molecule has 3 rings (SSSR count). The maximum atomic E-state index is 10.0. The average Bonchev–Trinajstić information content (AvgIpc) is 3.10. The molecule has 3 aliphatic rings. The predicted molar refractivity (Wildman–Crippen MR) is 127 cm³/mol. The van der Waals surface area contributed by atoms with E-state index in [1.54, 1.807) is 5.57 Å². The molecule has 0 aromatic heterocycles. The van der Waals surface area contributed by atoms with Crippen molar-refractivity contribution in [2.45, 2.75) is 112 Å². The summed E-state index contributed by atoms with van der Waals surface area (Å²) < 4.78 is 0. The number of hydrogen-bond acceptors (Lipinski definition) is 2. The number of hydrogen-bond donors (Lipinski definition) is 2. The molecule has 3 saturated carbocycles. The second-order valence-electron chi connectivity index (χ2n) is 9.06. The normalized spacial score (nSPS) is 37.9. The van der Waals surface area contributed by atoms with Crippen molar-refractivity contribution < 1.29 is 10.2 Å². The van der Waals surface area contributed by atoms with Crippen molar-refractivity contribution in [3.8, 4) is 0 Å². The van der Waals surface area contributed by atoms with E-state index in [1.807, 2.05) is 27.7 Å². The maximum Gasteiger partial charge on any atom is 0.0809 e. The van der Waals surface area contributed by atoms with Crippen LogP contribution in [0.2, 0.25) is 0 Å². The Bertz CT molecular complexity index is 557. The fraction of sp³-hybridized carbons (Fsp3) is 0.778. The molecule has 4 unspecified atom stereocenters. The summed E-state index contributed by atoms with van der Waals surface area (Å²) in [4.78, 5) is 0. The van der Waals surface area contributed by atoms with Crippen LogP contribution in [0, 0.1) is 23.2 Å². The van der Waals surface area contributed by atoms with Crippen LogP contribution >= 0.6 is 0 Å². The van der Waals surface area contributed by atoms with Crippen LogP contribution in [0.3, 0.4) is 0 Å². The van der Waals surface area contributed by atoms with Gasteiger partial charge in [0.1, 0.15) is 0 Å². The summed E-state index contributed by atoms with van der Waals surface area (Å²) in [7, 11) is 0. The van der Waals surface area contributed by atoms with E-state index in [-0.39, 0.29) is 0 Å². The summed E-state index contributed by atoms with van der Waals surface area (Å²) >= 11 is 0. The minimum absolute atomic E-state index is 0.470. The van der Waals surface area contributed by atoms with E-state index in [0.717, 1.165) is 23.3 Å². The highest BCUT2D eigenvalue weighted by molar-refractivity contribution is 5.29. The van der Waals surface area contributed by atoms with Crippen molar-refractivity contribution in [2.75, 3.05) is 0 Å². The molecule has 29 heavy (non-hydrogen) atoms. The Morgan fingerprint density at radius 2 is 1.66 bits per heavy atom. The van der Waals surface area contributed by atoms with Gasteiger partial charge in [-0.05, 0) is 73.7 Å². The Hall–Kier alpha value is -0.860. The van der Waals surface area contributed by atoms with Crippen molar-refractivity contribution in [3.63, 3.8) is 0 Å². The molecular formula is C27H48O2. The van der Waals surface area contributed by atoms with Gasteiger partial charge in [-0.15, -0.1) is 0 Å². The molecule has 2 nitrogen and oxygen atoms in total. The number of fused-ring (bicyclic) bond motifs is 1. The molecule has 0 amide bonds. The van der Waals surface area contributed by atoms with Gasteiger partial charge in [0.15, 0.2) is 0 Å². The molecule has 0 spiro atoms. The van der Waals surface area contributed by atoms with Crippen LogP contribution in [0.15, 0.2) is 35.5 Å². The van der Waals surface area contributed by atoms with Crippen LogP contribution in [0.25, 0.3) is 0 Å². The van der Waals surface area contributed by atoms with Crippen molar-refractivity contribution in [2.24, 2.45) is 23.2 Å². The molecule has 0 aromatic rings. The fourth-order valence-electron chi connectivity index (χ4n) is 5.92. The van der Waals surface area contributed by atoms with Gasteiger partial charge >= 0.3 is 0 Å². The molecule has 0 bridgehead atoms. The third kappa shape index (κ3) is 5.85. The number of aliphatic hydroxyl groups is 2. The highest BCUT2D eigenvalue weighted by Crippen LogP contribution is 2.59. The third-order valence-corrected chi connectivity index (χ3v) is 7.67. The summed E-state index contributed by atoms with van der Waals surface area (Å²) in [5, 5.41) is 20.1. The van der Waals surface area contributed by atoms with Crippen LogP contribution in [-0.4, -0.2) is 22.4 Å². The lowest BCUT2D eigenvalue weighted by atomic mass is 9.61. The quantitative estimate of drug-likeness (QED) is 0.487. The molecule has 3 fully saturated rings. The molecule has 2 heteroatoms. The van der Waals surface area contributed by atoms with E-state index in [9.17, 15) is 10.2 Å². The molecule has 0 saturated heterocycles. The smallest absolute Gasteiger partial charge is 0.0809 e. The van der Waals surface area contributed by atoms with Crippen LogP contribution in [-0.2, 0) is 0 Å². The lowest BCUT2D eigenvalue weighted by Gasteiger charge is -2.44. The summed E-state index contributed by atoms with van der Waals surface area (Å²) in [5.74, 6) is 2.41. The van der Waals surface area contributed by atoms with E-state index in [4.69, 9.17) is 0 Å². The first-order valence-electron chi connectivity index (χ1n) is 12.3. The van der Waals surface area contributed by atoms with E-state index in [2.05, 4.69) is 39.5 Å². The summed E-state index contributed by atoms with van der Waals surface area (Å²) in [6.07, 6.45) is 12.5. The van der Waals surface area contributed by atoms with Gasteiger partial charge in [-0.3, -0.25) is 0 Å². The molecule has 2 N–H and O–H groups in total. The van der Waals surface area contributed by atoms with Crippen LogP contribution in [0.4, 0.5) is 0 Å². The highest BCUT2D eigenvalue weighted by Gasteiger charge is 2.50. The Morgan fingerprint density at radius 3 is 2.21 bits per heavy atom. The monoisotopic (exact) mass is 404 g/mol. The van der Waals surface area contributed by atoms with Crippen LogP contribution in [0.1, 0.15) is 99.8 Å². The molecule has 3 aliphatic carbocycles. The largest absolute Gasteiger partial charge is 0.388 e. The zero-order valence-electron chi connectivity index (χ0n) is 20.3. The Morgan fingerprint density at radius 1 is 1.07 bits per heavy atom. The lowest BCUT2D eigenvalue weighted by molar-refractivity contribution is 0.0961. The van der Waals surface area contributed by atoms with Gasteiger partial charge in [0.2, 0.25) is 0 Å². The van der Waals surface area contributed by atoms with E-state index in [1.165, 1.54) is 38.5 Å². The first-order valence-corrected chi connectivity index (χ1v) is 12.3. The highest BCUT2D eigenvalue weighted by atomic mass is 16.3. The van der Waals surface area contributed by atoms with Gasteiger partial charge in [0.25, 0.3) is 0 Å². The van der Waals surface area contributed by atoms with Gasteiger partial charge in [0.05, 0.1) is 12.2 Å². The van der Waals surface area contributed by atoms with Gasteiger partial charge in [-0.25, -0.2) is 0 Å². The molecule has 168 valence electrons. The Labute approximate surface area is 181 Å². The second kappa shape index (κ2) is 12.1. The molecule has 0 aliphatic heterocycles. The first-order chi connectivity index (χ1) is 13.9. The van der Waals surface area contributed by atoms with Crippen molar-refractivity contribution >= 4 is 0 Å². The molecule has 6 atom stereocenters. The zero-order chi connectivity index (χ0) is 22.2. The van der Waals surface area contributed by atoms with Gasteiger partial charge in [-0.2, -0.15) is 0 Å². The third-order valence-electron chi connectivity index (χ3n) is 7.67. The van der Waals surface area contributed by atoms with E-state index < -0.39 is 12.2 Å². The lowest BCUT2D eigenvalue weighted by Crippen LogP contribution is -2.35. The van der Waals surface area contributed by atoms with Crippen LogP contribution < -0.4 is 0 Å². The molecule has 0 radical (unpaired) electrons. The fourth-order valence-corrected chi connectivity index (χ4v) is 5.92. The summed E-state index contributed by atoms with van der Waals surface area (Å²) in [5.41, 5.74) is 3.81. The van der Waals surface area contributed by atoms with E-state index >= 15 is 0 Å². The standard InChI is InChI=1S/C23H36O2.2C2H6/c1-5-15(2)19-10-11-20-18(7-6-12-23(19,20)4)9-8-17-13-21(24)16(3)22(25)14-17;2*1-2/h8-9,15,19-22,24-25H,3,5-7,10-14H2,1-2,4H3;2*1-2H3/b17-8?,18-9+;;/t15?,19?,20-,21+,22?,23?;;/m0../s1. The zero-order valence-corrected chi connectivity index (χ0v) is 20.3. The number of aliphatic hydroxyl groups excluding tert-OH is 2. The van der Waals surface area contributed by atoms with Crippen molar-refractivity contribution in [1.82, 2.24) is 0 Å². The van der Waals surface area contributed by atoms with Gasteiger partial charge < -0.3 is 10.2 Å². The van der Waals surface area contributed by atoms with Crippen LogP contribution in [0.5, 0.6) is 0 Å². The summed E-state index contributed by atoms with van der Waals surface area (Å²) in [6.45, 7) is 19.1. The molecule has 0 aromatic carbocycles. The van der Waals surface area contributed by atoms with E-state index in [0.29, 0.717) is 23.8 Å². The first kappa shape index (κ1) is 26.2. The van der Waals surface area contributed by atoms with Gasteiger partial charge in [-0.1, -0.05) is 84.8 Å².